The van der Waals surface area contributed by atoms with Gasteiger partial charge in [0.05, 0.1) is 12.2 Å². The fourth-order valence-corrected chi connectivity index (χ4v) is 3.12. The van der Waals surface area contributed by atoms with Crippen molar-refractivity contribution >= 4 is 11.6 Å². The van der Waals surface area contributed by atoms with Gasteiger partial charge in [-0.1, -0.05) is 0 Å². The van der Waals surface area contributed by atoms with E-state index in [0.29, 0.717) is 11.5 Å². The summed E-state index contributed by atoms with van der Waals surface area (Å²) in [6.45, 7) is 2.45. The minimum absolute atomic E-state index is 0.0345. The number of alkyl halides is 3. The van der Waals surface area contributed by atoms with Crippen LogP contribution in [0.1, 0.15) is 36.0 Å². The van der Waals surface area contributed by atoms with Gasteiger partial charge in [-0.05, 0) is 19.8 Å². The fraction of sp³-hybridized carbons (Fsp3) is 0.429. The number of anilines is 1. The summed E-state index contributed by atoms with van der Waals surface area (Å²) in [6, 6.07) is 1.77. The molecule has 1 aliphatic heterocycles. The molecule has 0 saturated carbocycles. The van der Waals surface area contributed by atoms with E-state index in [0.717, 1.165) is 24.9 Å². The number of halogens is 3. The Balaban J connectivity index is 1.85. The second-order valence-electron chi connectivity index (χ2n) is 5.78. The van der Waals surface area contributed by atoms with Gasteiger partial charge in [-0.2, -0.15) is 27.8 Å². The van der Waals surface area contributed by atoms with Crippen molar-refractivity contribution in [3.05, 3.63) is 35.5 Å². The maximum absolute atomic E-state index is 12.9. The number of hydrogen-bond donors (Lipinski definition) is 1. The number of aromatic nitrogens is 6. The molecule has 24 heavy (non-hydrogen) atoms. The Bertz CT molecular complexity index is 869. The van der Waals surface area contributed by atoms with E-state index in [2.05, 4.69) is 25.3 Å². The highest BCUT2D eigenvalue weighted by Gasteiger charge is 2.37. The van der Waals surface area contributed by atoms with E-state index < -0.39 is 12.0 Å². The molecule has 1 atom stereocenters. The molecule has 1 fully saturated rings. The summed E-state index contributed by atoms with van der Waals surface area (Å²) in [5, 5.41) is 10.4. The average Bonchev–Trinajstić information content (AvgIpc) is 3.24. The first kappa shape index (κ1) is 14.9. The van der Waals surface area contributed by atoms with Crippen LogP contribution in [0.4, 0.5) is 19.0 Å². The van der Waals surface area contributed by atoms with Gasteiger partial charge in [0.15, 0.2) is 0 Å². The first-order valence-corrected chi connectivity index (χ1v) is 7.50. The first-order valence-electron chi connectivity index (χ1n) is 7.50. The smallest absolute Gasteiger partial charge is 0.349 e. The number of fused-ring (bicyclic) bond motifs is 1. The molecular weight excluding hydrogens is 323 g/mol. The molecule has 0 spiro atoms. The Morgan fingerprint density at radius 1 is 1.29 bits per heavy atom. The minimum Gasteiger partial charge on any atom is -0.349 e. The number of aryl methyl sites for hydroxylation is 1. The third-order valence-electron chi connectivity index (χ3n) is 4.13. The quantitative estimate of drug-likeness (QED) is 0.778. The summed E-state index contributed by atoms with van der Waals surface area (Å²) < 4.78 is 40.0. The van der Waals surface area contributed by atoms with E-state index in [4.69, 9.17) is 0 Å². The van der Waals surface area contributed by atoms with Crippen LogP contribution in [0.5, 0.6) is 0 Å². The van der Waals surface area contributed by atoms with E-state index in [1.165, 1.54) is 4.52 Å². The summed E-state index contributed by atoms with van der Waals surface area (Å²) in [7, 11) is 0. The molecule has 3 aromatic rings. The van der Waals surface area contributed by atoms with Crippen LogP contribution in [-0.2, 0) is 6.18 Å². The van der Waals surface area contributed by atoms with Crippen molar-refractivity contribution in [1.29, 1.82) is 0 Å². The summed E-state index contributed by atoms with van der Waals surface area (Å²) in [4.78, 5) is 9.64. The first-order chi connectivity index (χ1) is 11.4. The predicted molar refractivity (Wildman–Crippen MR) is 78.4 cm³/mol. The van der Waals surface area contributed by atoms with Crippen molar-refractivity contribution in [2.45, 2.75) is 32.0 Å². The molecule has 0 amide bonds. The fourth-order valence-electron chi connectivity index (χ4n) is 3.12. The molecule has 4 rings (SSSR count). The van der Waals surface area contributed by atoms with Crippen LogP contribution >= 0.6 is 0 Å². The van der Waals surface area contributed by atoms with Gasteiger partial charge in [-0.25, -0.2) is 4.98 Å². The van der Waals surface area contributed by atoms with Gasteiger partial charge in [0.2, 0.25) is 0 Å². The maximum atomic E-state index is 12.9. The molecule has 1 N–H and O–H groups in total. The number of hydrogen-bond acceptors (Lipinski definition) is 5. The van der Waals surface area contributed by atoms with E-state index in [1.807, 2.05) is 4.90 Å². The predicted octanol–water partition coefficient (Wildman–Crippen LogP) is 2.52. The summed E-state index contributed by atoms with van der Waals surface area (Å²) in [5.41, 5.74) is 1.59. The van der Waals surface area contributed by atoms with Crippen molar-refractivity contribution in [3.8, 4) is 0 Å². The second kappa shape index (κ2) is 5.18. The van der Waals surface area contributed by atoms with Crippen LogP contribution in [0.3, 0.4) is 0 Å². The highest BCUT2D eigenvalue weighted by molar-refractivity contribution is 5.50. The largest absolute Gasteiger partial charge is 0.453 e. The Morgan fingerprint density at radius 2 is 2.12 bits per heavy atom. The highest BCUT2D eigenvalue weighted by atomic mass is 19.4. The lowest BCUT2D eigenvalue weighted by atomic mass is 10.1. The molecule has 0 unspecified atom stereocenters. The molecule has 0 aromatic carbocycles. The standard InChI is InChI=1S/C14H14F3N7/c1-8-5-11(23-4-2-3-10(23)9-6-18-19-7-9)24-13(20-8)21-12(22-24)14(15,16)17/h5-7,10H,2-4H2,1H3,(H,18,19)/t10-/m1/s1. The van der Waals surface area contributed by atoms with Crippen molar-refractivity contribution in [2.24, 2.45) is 0 Å². The van der Waals surface area contributed by atoms with Crippen molar-refractivity contribution in [1.82, 2.24) is 29.8 Å². The average molecular weight is 337 g/mol. The molecule has 7 nitrogen and oxygen atoms in total. The van der Waals surface area contributed by atoms with E-state index >= 15 is 0 Å². The van der Waals surface area contributed by atoms with Crippen LogP contribution < -0.4 is 4.90 Å². The van der Waals surface area contributed by atoms with Gasteiger partial charge in [0.25, 0.3) is 11.6 Å². The van der Waals surface area contributed by atoms with Gasteiger partial charge in [-0.15, -0.1) is 5.10 Å². The molecule has 1 aliphatic rings. The van der Waals surface area contributed by atoms with Gasteiger partial charge >= 0.3 is 6.18 Å². The number of H-pyrrole nitrogens is 1. The Morgan fingerprint density at radius 3 is 2.83 bits per heavy atom. The number of aromatic amines is 1. The number of nitrogens with zero attached hydrogens (tertiary/aromatic N) is 6. The molecule has 126 valence electrons. The molecular formula is C14H14F3N7. The zero-order valence-electron chi connectivity index (χ0n) is 12.7. The third kappa shape index (κ3) is 2.38. The molecule has 10 heteroatoms. The van der Waals surface area contributed by atoms with Crippen LogP contribution in [0, 0.1) is 6.92 Å². The van der Waals surface area contributed by atoms with Crippen LogP contribution in [0.25, 0.3) is 5.78 Å². The van der Waals surface area contributed by atoms with Crippen LogP contribution in [0.2, 0.25) is 0 Å². The molecule has 3 aromatic heterocycles. The molecule has 0 radical (unpaired) electrons. The summed E-state index contributed by atoms with van der Waals surface area (Å²) in [6.07, 6.45) is 0.754. The van der Waals surface area contributed by atoms with Crippen LogP contribution in [-0.4, -0.2) is 36.3 Å². The monoisotopic (exact) mass is 337 g/mol. The van der Waals surface area contributed by atoms with E-state index in [1.54, 1.807) is 25.4 Å². The second-order valence-corrected chi connectivity index (χ2v) is 5.78. The van der Waals surface area contributed by atoms with Crippen molar-refractivity contribution in [3.63, 3.8) is 0 Å². The molecule has 0 aliphatic carbocycles. The Labute approximate surface area is 134 Å². The van der Waals surface area contributed by atoms with Gasteiger partial charge in [0.1, 0.15) is 5.82 Å². The topological polar surface area (TPSA) is 75.0 Å². The molecule has 0 bridgehead atoms. The maximum Gasteiger partial charge on any atom is 0.453 e. The lowest BCUT2D eigenvalue weighted by Crippen LogP contribution is -2.25. The SMILES string of the molecule is Cc1cc(N2CCC[C@@H]2c2cn[nH]c2)n2nc(C(F)(F)F)nc2n1. The molecule has 4 heterocycles. The van der Waals surface area contributed by atoms with Crippen molar-refractivity contribution in [2.75, 3.05) is 11.4 Å². The lowest BCUT2D eigenvalue weighted by molar-refractivity contribution is -0.144. The summed E-state index contributed by atoms with van der Waals surface area (Å²) in [5.74, 6) is -0.666. The Hall–Kier alpha value is -2.65. The van der Waals surface area contributed by atoms with Crippen molar-refractivity contribution < 1.29 is 13.2 Å². The highest BCUT2D eigenvalue weighted by Crippen LogP contribution is 2.36. The number of nitrogens with one attached hydrogen (secondary N) is 1. The minimum atomic E-state index is -4.60. The summed E-state index contributed by atoms with van der Waals surface area (Å²) >= 11 is 0. The number of rotatable bonds is 2. The normalized spacial score (nSPS) is 18.7. The van der Waals surface area contributed by atoms with E-state index in [-0.39, 0.29) is 11.8 Å². The zero-order chi connectivity index (χ0) is 16.9. The third-order valence-corrected chi connectivity index (χ3v) is 4.13. The van der Waals surface area contributed by atoms with E-state index in [9.17, 15) is 13.2 Å². The van der Waals surface area contributed by atoms with Gasteiger partial charge in [-0.3, -0.25) is 5.10 Å². The Kier molecular flexibility index (Phi) is 3.22. The van der Waals surface area contributed by atoms with Gasteiger partial charge in [0, 0.05) is 30.1 Å². The zero-order valence-corrected chi connectivity index (χ0v) is 12.7. The van der Waals surface area contributed by atoms with Crippen LogP contribution in [0.15, 0.2) is 18.5 Å². The van der Waals surface area contributed by atoms with Gasteiger partial charge < -0.3 is 4.90 Å². The molecule has 1 saturated heterocycles. The lowest BCUT2D eigenvalue weighted by Gasteiger charge is -2.26.